The van der Waals surface area contributed by atoms with Crippen molar-refractivity contribution in [3.63, 3.8) is 0 Å². The predicted octanol–water partition coefficient (Wildman–Crippen LogP) is -1.11. The van der Waals surface area contributed by atoms with Crippen LogP contribution in [0, 0.1) is 0 Å². The van der Waals surface area contributed by atoms with E-state index in [1.807, 2.05) is 0 Å². The molecule has 108 valence electrons. The second kappa shape index (κ2) is 4.48. The number of hydrogen-bond acceptors (Lipinski definition) is 5. The van der Waals surface area contributed by atoms with E-state index in [9.17, 15) is 14.7 Å². The summed E-state index contributed by atoms with van der Waals surface area (Å²) in [6.45, 7) is 0. The molecule has 1 saturated carbocycles. The fourth-order valence-electron chi connectivity index (χ4n) is 2.71. The van der Waals surface area contributed by atoms with Crippen LogP contribution in [0.25, 0.3) is 11.2 Å². The lowest BCUT2D eigenvalue weighted by atomic mass is 10.2. The van der Waals surface area contributed by atoms with Crippen LogP contribution in [0.2, 0.25) is 0 Å². The van der Waals surface area contributed by atoms with E-state index in [-0.39, 0.29) is 6.04 Å². The van der Waals surface area contributed by atoms with Crippen molar-refractivity contribution in [3.8, 4) is 0 Å². The lowest BCUT2D eigenvalue weighted by molar-refractivity contribution is 0.166. The minimum Gasteiger partial charge on any atom is -0.391 e. The summed E-state index contributed by atoms with van der Waals surface area (Å²) in [6.07, 6.45) is 3.26. The van der Waals surface area contributed by atoms with Crippen LogP contribution >= 0.6 is 0 Å². The summed E-state index contributed by atoms with van der Waals surface area (Å²) in [5.41, 5.74) is 2.64. The summed E-state index contributed by atoms with van der Waals surface area (Å²) < 4.78 is 3.88. The summed E-state index contributed by atoms with van der Waals surface area (Å²) in [6, 6.07) is -0.272. The second-order valence-corrected chi connectivity index (χ2v) is 5.24. The Kier molecular flexibility index (Phi) is 2.89. The second-order valence-electron chi connectivity index (χ2n) is 5.24. The molecular formula is C12H17N5O3. The zero-order valence-corrected chi connectivity index (χ0v) is 11.4. The Balaban J connectivity index is 2.17. The van der Waals surface area contributed by atoms with Crippen LogP contribution in [0.4, 0.5) is 0 Å². The van der Waals surface area contributed by atoms with Gasteiger partial charge in [-0.15, -0.1) is 0 Å². The Morgan fingerprint density at radius 2 is 2.10 bits per heavy atom. The first-order valence-electron chi connectivity index (χ1n) is 6.58. The predicted molar refractivity (Wildman–Crippen MR) is 73.2 cm³/mol. The molecule has 2 aromatic rings. The van der Waals surface area contributed by atoms with Gasteiger partial charge < -0.3 is 15.1 Å². The van der Waals surface area contributed by atoms with Gasteiger partial charge in [0.15, 0.2) is 11.2 Å². The minimum absolute atomic E-state index is 0.272. The van der Waals surface area contributed by atoms with Gasteiger partial charge >= 0.3 is 11.2 Å². The number of nitrogens with one attached hydrogen (secondary N) is 1. The molecule has 8 heteroatoms. The highest BCUT2D eigenvalue weighted by molar-refractivity contribution is 5.69. The first kappa shape index (κ1) is 12.9. The molecular weight excluding hydrogens is 262 g/mol. The van der Waals surface area contributed by atoms with Gasteiger partial charge in [0.25, 0.3) is 0 Å². The van der Waals surface area contributed by atoms with E-state index in [1.54, 1.807) is 18.7 Å². The molecule has 0 bridgehead atoms. The highest BCUT2D eigenvalue weighted by Crippen LogP contribution is 2.19. The number of aliphatic hydroxyl groups excluding tert-OH is 1. The number of aryl methyl sites for hydroxylation is 2. The summed E-state index contributed by atoms with van der Waals surface area (Å²) in [4.78, 5) is 28.7. The third-order valence-electron chi connectivity index (χ3n) is 3.89. The molecule has 1 aliphatic carbocycles. The van der Waals surface area contributed by atoms with Crippen molar-refractivity contribution < 1.29 is 5.11 Å². The summed E-state index contributed by atoms with van der Waals surface area (Å²) in [7, 11) is 3.27. The monoisotopic (exact) mass is 279 g/mol. The number of nitrogens with zero attached hydrogens (tertiary/aromatic N) is 4. The summed E-state index contributed by atoms with van der Waals surface area (Å²) in [5.74, 6) is 0. The molecule has 0 radical (unpaired) electrons. The molecule has 2 heterocycles. The van der Waals surface area contributed by atoms with Crippen molar-refractivity contribution in [1.82, 2.24) is 18.8 Å². The van der Waals surface area contributed by atoms with E-state index in [0.717, 1.165) is 17.5 Å². The smallest absolute Gasteiger partial charge is 0.351 e. The Morgan fingerprint density at radius 3 is 2.75 bits per heavy atom. The Bertz CT molecular complexity index is 772. The largest absolute Gasteiger partial charge is 0.391 e. The number of rotatable bonds is 2. The topological polar surface area (TPSA) is 94.1 Å². The molecule has 2 N–H and O–H groups in total. The quantitative estimate of drug-likeness (QED) is 0.727. The van der Waals surface area contributed by atoms with Crippen LogP contribution < -0.4 is 16.7 Å². The van der Waals surface area contributed by atoms with E-state index < -0.39 is 17.4 Å². The van der Waals surface area contributed by atoms with Crippen LogP contribution in [0.3, 0.4) is 0 Å². The number of fused-ring (bicyclic) bond motifs is 1. The molecule has 1 aliphatic rings. The van der Waals surface area contributed by atoms with Crippen LogP contribution in [-0.4, -0.2) is 36.0 Å². The van der Waals surface area contributed by atoms with Crippen molar-refractivity contribution in [2.45, 2.75) is 31.4 Å². The van der Waals surface area contributed by atoms with Gasteiger partial charge in [-0.2, -0.15) is 4.68 Å². The molecule has 20 heavy (non-hydrogen) atoms. The fourth-order valence-corrected chi connectivity index (χ4v) is 2.71. The third-order valence-corrected chi connectivity index (χ3v) is 3.89. The molecule has 3 rings (SSSR count). The summed E-state index contributed by atoms with van der Waals surface area (Å²) in [5, 5.41) is 9.82. The standard InChI is InChI=1S/C12H17N5O3/c1-15-6-13-10-9(15)11(19)17(12(20)16(10)2)14-7-4-3-5-8(7)18/h6-8,14,18H,3-5H2,1-2H3/t7-,8+/m0/s1. The van der Waals surface area contributed by atoms with Crippen molar-refractivity contribution in [2.75, 3.05) is 5.43 Å². The molecule has 0 spiro atoms. The van der Waals surface area contributed by atoms with Gasteiger partial charge in [0.2, 0.25) is 0 Å². The lowest BCUT2D eigenvalue weighted by Gasteiger charge is -2.19. The van der Waals surface area contributed by atoms with E-state index in [1.165, 1.54) is 10.9 Å². The molecule has 2 atom stereocenters. The lowest BCUT2D eigenvalue weighted by Crippen LogP contribution is -2.49. The first-order valence-corrected chi connectivity index (χ1v) is 6.58. The zero-order chi connectivity index (χ0) is 14.4. The SMILES string of the molecule is Cn1cnc2c1c(=O)n(N[C@H]1CCC[C@H]1O)c(=O)n2C. The van der Waals surface area contributed by atoms with Crippen LogP contribution in [0.5, 0.6) is 0 Å². The van der Waals surface area contributed by atoms with Crippen LogP contribution in [0.1, 0.15) is 19.3 Å². The van der Waals surface area contributed by atoms with Gasteiger partial charge in [-0.25, -0.2) is 9.78 Å². The fraction of sp³-hybridized carbons (Fsp3) is 0.583. The van der Waals surface area contributed by atoms with Crippen molar-refractivity contribution in [1.29, 1.82) is 0 Å². The van der Waals surface area contributed by atoms with Crippen molar-refractivity contribution >= 4 is 11.2 Å². The van der Waals surface area contributed by atoms with E-state index in [0.29, 0.717) is 17.6 Å². The maximum Gasteiger partial charge on any atom is 0.351 e. The van der Waals surface area contributed by atoms with Gasteiger partial charge in [0, 0.05) is 14.1 Å². The minimum atomic E-state index is -0.533. The molecule has 2 aromatic heterocycles. The Morgan fingerprint density at radius 1 is 1.35 bits per heavy atom. The molecule has 8 nitrogen and oxygen atoms in total. The first-order chi connectivity index (χ1) is 9.50. The number of aromatic nitrogens is 4. The number of hydrogen-bond donors (Lipinski definition) is 2. The van der Waals surface area contributed by atoms with E-state index in [2.05, 4.69) is 10.4 Å². The maximum absolute atomic E-state index is 12.4. The molecule has 0 aromatic carbocycles. The Hall–Kier alpha value is -2.09. The van der Waals surface area contributed by atoms with Gasteiger partial charge in [0.05, 0.1) is 18.5 Å². The zero-order valence-electron chi connectivity index (χ0n) is 11.4. The molecule has 0 aliphatic heterocycles. The van der Waals surface area contributed by atoms with Gasteiger partial charge in [-0.05, 0) is 19.3 Å². The normalized spacial score (nSPS) is 22.6. The van der Waals surface area contributed by atoms with Gasteiger partial charge in [-0.3, -0.25) is 9.36 Å². The average molecular weight is 279 g/mol. The average Bonchev–Trinajstić information content (AvgIpc) is 2.99. The summed E-state index contributed by atoms with van der Waals surface area (Å²) >= 11 is 0. The van der Waals surface area contributed by atoms with E-state index >= 15 is 0 Å². The van der Waals surface area contributed by atoms with Crippen molar-refractivity contribution in [2.24, 2.45) is 14.1 Å². The third kappa shape index (κ3) is 1.75. The molecule has 1 fully saturated rings. The highest BCUT2D eigenvalue weighted by Gasteiger charge is 2.27. The molecule has 0 unspecified atom stereocenters. The molecule has 0 amide bonds. The van der Waals surface area contributed by atoms with Gasteiger partial charge in [-0.1, -0.05) is 0 Å². The highest BCUT2D eigenvalue weighted by atomic mass is 16.3. The van der Waals surface area contributed by atoms with E-state index in [4.69, 9.17) is 0 Å². The molecule has 0 saturated heterocycles. The maximum atomic E-state index is 12.4. The van der Waals surface area contributed by atoms with Crippen LogP contribution in [0.15, 0.2) is 15.9 Å². The van der Waals surface area contributed by atoms with Crippen LogP contribution in [-0.2, 0) is 14.1 Å². The van der Waals surface area contributed by atoms with Gasteiger partial charge in [0.1, 0.15) is 0 Å². The van der Waals surface area contributed by atoms with Crippen molar-refractivity contribution in [3.05, 3.63) is 27.2 Å². The number of aliphatic hydroxyl groups is 1. The number of imidazole rings is 1. The Labute approximate surface area is 114 Å².